The van der Waals surface area contributed by atoms with Crippen molar-refractivity contribution in [3.05, 3.63) is 57.6 Å². The normalized spacial score (nSPS) is 10.2. The Bertz CT molecular complexity index is 731. The van der Waals surface area contributed by atoms with Gasteiger partial charge in [-0.1, -0.05) is 23.2 Å². The molecule has 0 heterocycles. The summed E-state index contributed by atoms with van der Waals surface area (Å²) in [4.78, 5) is 23.0. The molecule has 0 atom stereocenters. The van der Waals surface area contributed by atoms with Gasteiger partial charge in [-0.05, 0) is 36.4 Å². The Morgan fingerprint density at radius 2 is 1.71 bits per heavy atom. The summed E-state index contributed by atoms with van der Waals surface area (Å²) in [7, 11) is 0. The first-order chi connectivity index (χ1) is 9.88. The lowest BCUT2D eigenvalue weighted by Gasteiger charge is -2.08. The van der Waals surface area contributed by atoms with Crippen molar-refractivity contribution in [3.8, 4) is 5.75 Å². The van der Waals surface area contributed by atoms with Crippen LogP contribution in [0.25, 0.3) is 0 Å². The van der Waals surface area contributed by atoms with E-state index in [0.29, 0.717) is 5.02 Å². The molecule has 0 saturated heterocycles. The number of phenols is 1. The van der Waals surface area contributed by atoms with E-state index in [1.807, 2.05) is 0 Å². The van der Waals surface area contributed by atoms with Crippen LogP contribution in [0.2, 0.25) is 10.0 Å². The molecule has 7 heteroatoms. The van der Waals surface area contributed by atoms with Crippen LogP contribution in [0.5, 0.6) is 5.75 Å². The minimum atomic E-state index is -1.30. The quantitative estimate of drug-likeness (QED) is 0.752. The first kappa shape index (κ1) is 15.2. The highest BCUT2D eigenvalue weighted by Gasteiger charge is 2.14. The number of aromatic hydroxyl groups is 1. The number of hydrogen-bond donors (Lipinski definition) is 3. The van der Waals surface area contributed by atoms with Crippen LogP contribution in [0.15, 0.2) is 36.4 Å². The van der Waals surface area contributed by atoms with E-state index in [1.165, 1.54) is 24.3 Å². The Morgan fingerprint density at radius 3 is 2.38 bits per heavy atom. The molecule has 2 rings (SSSR count). The summed E-state index contributed by atoms with van der Waals surface area (Å²) in [5.74, 6) is -2.23. The molecule has 0 aromatic heterocycles. The highest BCUT2D eigenvalue weighted by Crippen LogP contribution is 2.24. The number of carboxylic acids is 1. The first-order valence-electron chi connectivity index (χ1n) is 5.71. The Morgan fingerprint density at radius 1 is 1.00 bits per heavy atom. The molecule has 3 N–H and O–H groups in total. The van der Waals surface area contributed by atoms with E-state index in [1.54, 1.807) is 6.07 Å². The van der Waals surface area contributed by atoms with Crippen LogP contribution in [0.4, 0.5) is 5.69 Å². The fourth-order valence-electron chi connectivity index (χ4n) is 1.66. The summed E-state index contributed by atoms with van der Waals surface area (Å²) < 4.78 is 0. The highest BCUT2D eigenvalue weighted by atomic mass is 35.5. The number of aromatic carboxylic acids is 1. The molecular formula is C14H9Cl2NO4. The molecule has 0 aliphatic rings. The number of hydrogen-bond acceptors (Lipinski definition) is 3. The molecule has 0 saturated carbocycles. The molecule has 5 nitrogen and oxygen atoms in total. The van der Waals surface area contributed by atoms with E-state index in [0.717, 1.165) is 6.07 Å². The SMILES string of the molecule is O=C(O)c1cc(NC(=O)c2cc(Cl)ccc2Cl)ccc1O. The smallest absolute Gasteiger partial charge is 0.339 e. The van der Waals surface area contributed by atoms with Gasteiger partial charge in [0.2, 0.25) is 0 Å². The van der Waals surface area contributed by atoms with Crippen LogP contribution in [0, 0.1) is 0 Å². The zero-order valence-electron chi connectivity index (χ0n) is 10.4. The fourth-order valence-corrected chi connectivity index (χ4v) is 2.03. The van der Waals surface area contributed by atoms with Crippen molar-refractivity contribution in [2.24, 2.45) is 0 Å². The van der Waals surface area contributed by atoms with Crippen LogP contribution in [0.1, 0.15) is 20.7 Å². The summed E-state index contributed by atoms with van der Waals surface area (Å²) in [6.45, 7) is 0. The maximum atomic E-state index is 12.1. The van der Waals surface area contributed by atoms with E-state index < -0.39 is 11.9 Å². The number of amides is 1. The average molecular weight is 326 g/mol. The van der Waals surface area contributed by atoms with Gasteiger partial charge in [0.25, 0.3) is 5.91 Å². The van der Waals surface area contributed by atoms with E-state index in [-0.39, 0.29) is 27.6 Å². The topological polar surface area (TPSA) is 86.6 Å². The Hall–Kier alpha value is -2.24. The third-order valence-corrected chi connectivity index (χ3v) is 3.22. The zero-order valence-corrected chi connectivity index (χ0v) is 11.9. The molecule has 1 amide bonds. The van der Waals surface area contributed by atoms with E-state index in [4.69, 9.17) is 28.3 Å². The van der Waals surface area contributed by atoms with Crippen molar-refractivity contribution >= 4 is 40.8 Å². The minimum Gasteiger partial charge on any atom is -0.507 e. The molecule has 2 aromatic rings. The molecule has 2 aromatic carbocycles. The number of benzene rings is 2. The monoisotopic (exact) mass is 325 g/mol. The van der Waals surface area contributed by atoms with Gasteiger partial charge in [0, 0.05) is 10.7 Å². The largest absolute Gasteiger partial charge is 0.507 e. The zero-order chi connectivity index (χ0) is 15.6. The van der Waals surface area contributed by atoms with Crippen LogP contribution >= 0.6 is 23.2 Å². The number of carbonyl (C=O) groups excluding carboxylic acids is 1. The molecule has 0 unspecified atom stereocenters. The molecule has 0 radical (unpaired) electrons. The van der Waals surface area contributed by atoms with Gasteiger partial charge >= 0.3 is 5.97 Å². The summed E-state index contributed by atoms with van der Waals surface area (Å²) >= 11 is 11.7. The number of carbonyl (C=O) groups is 2. The number of halogens is 2. The van der Waals surface area contributed by atoms with E-state index in [2.05, 4.69) is 5.32 Å². The fraction of sp³-hybridized carbons (Fsp3) is 0. The lowest BCUT2D eigenvalue weighted by molar-refractivity contribution is 0.0693. The standard InChI is InChI=1S/C14H9Cl2NO4/c15-7-1-3-11(16)9(5-7)13(19)17-8-2-4-12(18)10(6-8)14(20)21/h1-6,18H,(H,17,19)(H,20,21). The molecule has 108 valence electrons. The summed E-state index contributed by atoms with van der Waals surface area (Å²) in [5.41, 5.74) is 0.0605. The van der Waals surface area contributed by atoms with Crippen molar-refractivity contribution in [2.75, 3.05) is 5.32 Å². The molecule has 21 heavy (non-hydrogen) atoms. The Balaban J connectivity index is 2.29. The lowest BCUT2D eigenvalue weighted by atomic mass is 10.1. The molecular weight excluding hydrogens is 317 g/mol. The second kappa shape index (κ2) is 6.03. The number of nitrogens with one attached hydrogen (secondary N) is 1. The minimum absolute atomic E-state index is 0.161. The molecule has 0 aliphatic heterocycles. The molecule has 0 fully saturated rings. The van der Waals surface area contributed by atoms with Crippen molar-refractivity contribution in [3.63, 3.8) is 0 Å². The first-order valence-corrected chi connectivity index (χ1v) is 6.47. The van der Waals surface area contributed by atoms with Gasteiger partial charge in [0.15, 0.2) is 0 Å². The molecule has 0 aliphatic carbocycles. The average Bonchev–Trinajstić information content (AvgIpc) is 2.43. The second-order valence-corrected chi connectivity index (χ2v) is 4.96. The van der Waals surface area contributed by atoms with Crippen molar-refractivity contribution in [1.29, 1.82) is 0 Å². The number of rotatable bonds is 3. The van der Waals surface area contributed by atoms with Gasteiger partial charge in [-0.15, -0.1) is 0 Å². The maximum Gasteiger partial charge on any atom is 0.339 e. The predicted octanol–water partition coefficient (Wildman–Crippen LogP) is 3.65. The summed E-state index contributed by atoms with van der Waals surface area (Å²) in [5, 5.41) is 21.4. The van der Waals surface area contributed by atoms with E-state index >= 15 is 0 Å². The van der Waals surface area contributed by atoms with Gasteiger partial charge in [-0.2, -0.15) is 0 Å². The highest BCUT2D eigenvalue weighted by molar-refractivity contribution is 6.36. The van der Waals surface area contributed by atoms with Crippen molar-refractivity contribution in [2.45, 2.75) is 0 Å². The summed E-state index contributed by atoms with van der Waals surface area (Å²) in [6.07, 6.45) is 0. The molecule has 0 bridgehead atoms. The third-order valence-electron chi connectivity index (χ3n) is 2.66. The van der Waals surface area contributed by atoms with Gasteiger partial charge in [0.1, 0.15) is 11.3 Å². The number of anilines is 1. The second-order valence-electron chi connectivity index (χ2n) is 4.12. The van der Waals surface area contributed by atoms with Gasteiger partial charge in [0.05, 0.1) is 10.6 Å². The third kappa shape index (κ3) is 3.45. The predicted molar refractivity (Wildman–Crippen MR) is 79.5 cm³/mol. The number of carboxylic acid groups (broad SMARTS) is 1. The van der Waals surface area contributed by atoms with Crippen LogP contribution < -0.4 is 5.32 Å². The van der Waals surface area contributed by atoms with Gasteiger partial charge in [-0.25, -0.2) is 4.79 Å². The van der Waals surface area contributed by atoms with Crippen LogP contribution in [-0.2, 0) is 0 Å². The lowest BCUT2D eigenvalue weighted by Crippen LogP contribution is -2.13. The van der Waals surface area contributed by atoms with Crippen molar-refractivity contribution < 1.29 is 19.8 Å². The van der Waals surface area contributed by atoms with Gasteiger partial charge < -0.3 is 15.5 Å². The van der Waals surface area contributed by atoms with Crippen LogP contribution in [-0.4, -0.2) is 22.1 Å². The Labute approximate surface area is 129 Å². The van der Waals surface area contributed by atoms with Gasteiger partial charge in [-0.3, -0.25) is 4.79 Å². The maximum absolute atomic E-state index is 12.1. The summed E-state index contributed by atoms with van der Waals surface area (Å²) in [6, 6.07) is 8.13. The van der Waals surface area contributed by atoms with Crippen molar-refractivity contribution in [1.82, 2.24) is 0 Å². The van der Waals surface area contributed by atoms with Crippen LogP contribution in [0.3, 0.4) is 0 Å². The Kier molecular flexibility index (Phi) is 4.35. The molecule has 0 spiro atoms. The van der Waals surface area contributed by atoms with E-state index in [9.17, 15) is 14.7 Å².